The van der Waals surface area contributed by atoms with Crippen molar-refractivity contribution in [3.05, 3.63) is 80.6 Å². The lowest BCUT2D eigenvalue weighted by molar-refractivity contribution is -0.356. The van der Waals surface area contributed by atoms with Crippen molar-refractivity contribution in [2.24, 2.45) is 0 Å². The summed E-state index contributed by atoms with van der Waals surface area (Å²) >= 11 is 11.3. The maximum Gasteiger partial charge on any atom is 0.438 e. The zero-order valence-electron chi connectivity index (χ0n) is 21.9. The molecule has 0 unspecified atom stereocenters. The first-order chi connectivity index (χ1) is 21.3. The van der Waals surface area contributed by atoms with Gasteiger partial charge >= 0.3 is 35.9 Å². The van der Waals surface area contributed by atoms with Gasteiger partial charge in [0.1, 0.15) is 0 Å². The topological polar surface area (TPSA) is 136 Å². The predicted molar refractivity (Wildman–Crippen MR) is 200 cm³/mol. The van der Waals surface area contributed by atoms with E-state index in [9.17, 15) is 53.7 Å². The largest absolute Gasteiger partial charge is 0.748 e. The maximum atomic E-state index is 13.8. The molecule has 0 saturated heterocycles. The van der Waals surface area contributed by atoms with E-state index in [0.29, 0.717) is 26.4 Å². The Kier molecular flexibility index (Phi) is 13.8. The van der Waals surface area contributed by atoms with E-state index in [1.807, 2.05) is 136 Å². The average Bonchev–Trinajstić information content (AvgIpc) is 2.89. The van der Waals surface area contributed by atoms with Crippen molar-refractivity contribution in [2.45, 2.75) is 18.0 Å². The summed E-state index contributed by atoms with van der Waals surface area (Å²) in [4.78, 5) is 39.4. The smallest absolute Gasteiger partial charge is 0.438 e. The molecule has 3 rings (SSSR count). The van der Waals surface area contributed by atoms with Gasteiger partial charge in [-0.3, -0.25) is 0 Å². The van der Waals surface area contributed by atoms with E-state index in [0.717, 1.165) is 13.2 Å². The van der Waals surface area contributed by atoms with Gasteiger partial charge in [0, 0.05) is 7.14 Å². The highest BCUT2D eigenvalue weighted by atomic mass is 127. The molecule has 0 aliphatic heterocycles. The Hall–Kier alpha value is -0.0600. The molecule has 3 aromatic rings. The van der Waals surface area contributed by atoms with Crippen LogP contribution in [-0.2, 0) is 14.9 Å². The standard InChI is InChI=1S/C25H10F6I6O9S/c26-24(27,28)23(25(29,30)31,8-47(41,42)43)46-22(40)11-2-9(20(38)44-18-14(34)4-12(32)5-15(18)35)1-10(3-11)21(39)45-19-16(36)6-13(33)7-17(19)37/h1-7H,8H2,(H,41,42,43)/p-1. The SMILES string of the molecule is O=C(Oc1c(I)cc(I)cc1I)c1cc(C(=O)Oc2c(I)cc(I)cc2I)cc(C(=O)OC(CS(=O)(=O)[O-])(C(F)(F)F)C(F)(F)F)c1. The number of carbonyl (C=O) groups excluding carboxylic acids is 3. The summed E-state index contributed by atoms with van der Waals surface area (Å²) in [5.41, 5.74) is -8.49. The van der Waals surface area contributed by atoms with Crippen LogP contribution < -0.4 is 9.47 Å². The summed E-state index contributed by atoms with van der Waals surface area (Å²) in [6.07, 6.45) is -13.3. The van der Waals surface area contributed by atoms with Crippen LogP contribution in [0.3, 0.4) is 0 Å². The number of hydrogen-bond donors (Lipinski definition) is 0. The molecule has 0 atom stereocenters. The highest BCUT2D eigenvalue weighted by Crippen LogP contribution is 2.47. The summed E-state index contributed by atoms with van der Waals surface area (Å²) in [6, 6.07) is 8.21. The quantitative estimate of drug-likeness (QED) is 0.0718. The van der Waals surface area contributed by atoms with Gasteiger partial charge in [-0.1, -0.05) is 0 Å². The van der Waals surface area contributed by atoms with Gasteiger partial charge in [0.15, 0.2) is 11.5 Å². The normalized spacial score (nSPS) is 12.4. The molecule has 0 N–H and O–H groups in total. The molecule has 0 bridgehead atoms. The third-order valence-corrected chi connectivity index (χ3v) is 10.7. The van der Waals surface area contributed by atoms with Crippen molar-refractivity contribution in [2.75, 3.05) is 5.75 Å². The molecule has 3 aromatic carbocycles. The van der Waals surface area contributed by atoms with Gasteiger partial charge in [-0.2, -0.15) is 26.3 Å². The highest BCUT2D eigenvalue weighted by molar-refractivity contribution is 14.1. The predicted octanol–water partition coefficient (Wildman–Crippen LogP) is 8.32. The Morgan fingerprint density at radius 3 is 1.17 bits per heavy atom. The number of hydrogen-bond acceptors (Lipinski definition) is 9. The second-order valence-corrected chi connectivity index (χ2v) is 17.4. The Balaban J connectivity index is 2.19. The van der Waals surface area contributed by atoms with Gasteiger partial charge < -0.3 is 18.8 Å². The van der Waals surface area contributed by atoms with E-state index in [-0.39, 0.29) is 11.5 Å². The van der Waals surface area contributed by atoms with Crippen LogP contribution in [0.25, 0.3) is 0 Å². The molecule has 0 fully saturated rings. The first-order valence-electron chi connectivity index (χ1n) is 11.5. The van der Waals surface area contributed by atoms with Crippen LogP contribution >= 0.6 is 136 Å². The number of benzene rings is 3. The summed E-state index contributed by atoms with van der Waals surface area (Å²) in [5.74, 6) is -8.32. The molecule has 9 nitrogen and oxygen atoms in total. The molecule has 47 heavy (non-hydrogen) atoms. The molecule has 0 radical (unpaired) electrons. The lowest BCUT2D eigenvalue weighted by atomic mass is 10.0. The van der Waals surface area contributed by atoms with Gasteiger partial charge in [-0.05, 0) is 178 Å². The summed E-state index contributed by atoms with van der Waals surface area (Å²) < 4.78 is 134. The first-order valence-corrected chi connectivity index (χ1v) is 19.6. The zero-order chi connectivity index (χ0) is 35.9. The van der Waals surface area contributed by atoms with E-state index in [1.165, 1.54) is 0 Å². The Labute approximate surface area is 342 Å². The number of ether oxygens (including phenoxy) is 3. The fraction of sp³-hybridized carbons (Fsp3) is 0.160. The van der Waals surface area contributed by atoms with E-state index < -0.39 is 68.4 Å². The van der Waals surface area contributed by atoms with Gasteiger partial charge in [-0.15, -0.1) is 0 Å². The summed E-state index contributed by atoms with van der Waals surface area (Å²) in [5, 5.41) is 0. The van der Waals surface area contributed by atoms with Crippen LogP contribution in [0, 0.1) is 21.4 Å². The highest BCUT2D eigenvalue weighted by Gasteiger charge is 2.75. The van der Waals surface area contributed by atoms with E-state index in [4.69, 9.17) is 9.47 Å². The number of esters is 3. The molecule has 0 spiro atoms. The minimum Gasteiger partial charge on any atom is -0.748 e. The fourth-order valence-corrected chi connectivity index (χ4v) is 12.0. The van der Waals surface area contributed by atoms with Gasteiger partial charge in [0.2, 0.25) is 0 Å². The Morgan fingerprint density at radius 1 is 0.596 bits per heavy atom. The number of carbonyl (C=O) groups is 3. The van der Waals surface area contributed by atoms with Crippen LogP contribution in [-0.4, -0.2) is 54.6 Å². The number of rotatable bonds is 8. The van der Waals surface area contributed by atoms with Crippen molar-refractivity contribution in [3.8, 4) is 11.5 Å². The van der Waals surface area contributed by atoms with Crippen LogP contribution in [0.1, 0.15) is 31.1 Å². The number of alkyl halides is 6. The van der Waals surface area contributed by atoms with Crippen molar-refractivity contribution < 1.29 is 67.9 Å². The molecule has 254 valence electrons. The Bertz CT molecular complexity index is 1730. The van der Waals surface area contributed by atoms with Gasteiger partial charge in [0.25, 0.3) is 0 Å². The minimum absolute atomic E-state index is 0.00512. The lowest BCUT2D eigenvalue weighted by Gasteiger charge is -2.36. The van der Waals surface area contributed by atoms with Crippen LogP contribution in [0.15, 0.2) is 42.5 Å². The van der Waals surface area contributed by atoms with Crippen LogP contribution in [0.4, 0.5) is 26.3 Å². The summed E-state index contributed by atoms with van der Waals surface area (Å²) in [6.45, 7) is 0. The molecule has 0 aliphatic carbocycles. The molecule has 0 aliphatic rings. The monoisotopic (exact) mass is 1360 g/mol. The van der Waals surface area contributed by atoms with Crippen molar-refractivity contribution in [3.63, 3.8) is 0 Å². The van der Waals surface area contributed by atoms with Gasteiger partial charge in [0.05, 0.1) is 46.8 Å². The average molecular weight is 1360 g/mol. The molecule has 22 heteroatoms. The minimum atomic E-state index is -6.66. The molecular weight excluding hydrogens is 1350 g/mol. The first kappa shape index (κ1) is 41.4. The molecule has 0 saturated carbocycles. The third-order valence-electron chi connectivity index (χ3n) is 5.52. The van der Waals surface area contributed by atoms with Crippen molar-refractivity contribution in [1.29, 1.82) is 0 Å². The van der Waals surface area contributed by atoms with Crippen molar-refractivity contribution in [1.82, 2.24) is 0 Å². The van der Waals surface area contributed by atoms with Gasteiger partial charge in [-0.25, -0.2) is 22.8 Å². The van der Waals surface area contributed by atoms with Crippen LogP contribution in [0.2, 0.25) is 0 Å². The van der Waals surface area contributed by atoms with Crippen LogP contribution in [0.5, 0.6) is 11.5 Å². The molecular formula is C25H9F6I6O9S-. The maximum absolute atomic E-state index is 13.8. The lowest BCUT2D eigenvalue weighted by Crippen LogP contribution is -2.63. The summed E-state index contributed by atoms with van der Waals surface area (Å²) in [7, 11) is -6.33. The number of halogens is 12. The molecule has 0 aromatic heterocycles. The second-order valence-electron chi connectivity index (χ2n) is 8.89. The van der Waals surface area contributed by atoms with E-state index in [1.54, 1.807) is 24.3 Å². The fourth-order valence-electron chi connectivity index (χ4n) is 3.47. The molecule has 0 heterocycles. The third kappa shape index (κ3) is 10.3. The Morgan fingerprint density at radius 2 is 0.894 bits per heavy atom. The second kappa shape index (κ2) is 15.7. The van der Waals surface area contributed by atoms with Crippen molar-refractivity contribution >= 4 is 164 Å². The molecule has 0 amide bonds. The van der Waals surface area contributed by atoms with E-state index in [2.05, 4.69) is 4.74 Å². The van der Waals surface area contributed by atoms with E-state index >= 15 is 0 Å². The zero-order valence-corrected chi connectivity index (χ0v) is 35.6.